The molecule has 144 valence electrons. The normalized spacial score (nSPS) is 18.2. The van der Waals surface area contributed by atoms with Crippen LogP contribution in [0, 0.1) is 11.6 Å². The molecule has 27 heavy (non-hydrogen) atoms. The summed E-state index contributed by atoms with van der Waals surface area (Å²) in [7, 11) is -3.22. The first kappa shape index (κ1) is 19.3. The maximum atomic E-state index is 14.0. The number of sulfone groups is 1. The second kappa shape index (κ2) is 8.04. The Morgan fingerprint density at radius 2 is 1.81 bits per heavy atom. The van der Waals surface area contributed by atoms with E-state index in [1.807, 2.05) is 0 Å². The summed E-state index contributed by atoms with van der Waals surface area (Å²) < 4.78 is 56.0. The zero-order valence-electron chi connectivity index (χ0n) is 14.5. The number of amides is 1. The Morgan fingerprint density at radius 3 is 2.44 bits per heavy atom. The predicted octanol–water partition coefficient (Wildman–Crippen LogP) is 2.56. The maximum absolute atomic E-state index is 14.0. The van der Waals surface area contributed by atoms with Crippen molar-refractivity contribution in [3.8, 4) is 5.75 Å². The van der Waals surface area contributed by atoms with Gasteiger partial charge in [-0.25, -0.2) is 17.2 Å². The Kier molecular flexibility index (Phi) is 5.74. The van der Waals surface area contributed by atoms with Gasteiger partial charge in [0, 0.05) is 18.2 Å². The van der Waals surface area contributed by atoms with Crippen molar-refractivity contribution in [2.45, 2.75) is 19.0 Å². The van der Waals surface area contributed by atoms with Crippen molar-refractivity contribution in [2.24, 2.45) is 0 Å². The molecule has 8 heteroatoms. The minimum Gasteiger partial charge on any atom is -0.484 e. The fraction of sp³-hybridized carbons (Fsp3) is 0.316. The Bertz CT molecular complexity index is 916. The van der Waals surface area contributed by atoms with Gasteiger partial charge in [0.2, 0.25) is 0 Å². The van der Waals surface area contributed by atoms with Crippen LogP contribution < -0.4 is 4.74 Å². The van der Waals surface area contributed by atoms with Gasteiger partial charge >= 0.3 is 0 Å². The number of halogens is 2. The quantitative estimate of drug-likeness (QED) is 0.754. The largest absolute Gasteiger partial charge is 0.484 e. The second-order valence-electron chi connectivity index (χ2n) is 6.41. The van der Waals surface area contributed by atoms with E-state index >= 15 is 0 Å². The van der Waals surface area contributed by atoms with Crippen molar-refractivity contribution in [3.05, 3.63) is 65.7 Å². The van der Waals surface area contributed by atoms with Gasteiger partial charge in [0.1, 0.15) is 17.4 Å². The van der Waals surface area contributed by atoms with Crippen LogP contribution in [0.2, 0.25) is 0 Å². The van der Waals surface area contributed by atoms with Crippen molar-refractivity contribution in [3.63, 3.8) is 0 Å². The van der Waals surface area contributed by atoms with Crippen LogP contribution in [0.3, 0.4) is 0 Å². The first-order valence-corrected chi connectivity index (χ1v) is 10.3. The summed E-state index contributed by atoms with van der Waals surface area (Å²) in [5.41, 5.74) is 0.303. The van der Waals surface area contributed by atoms with Crippen LogP contribution in [-0.2, 0) is 21.2 Å². The molecule has 0 aromatic heterocycles. The number of carbonyl (C=O) groups excluding carboxylic acids is 1. The lowest BCUT2D eigenvalue weighted by atomic mass is 10.1. The third-order valence-electron chi connectivity index (χ3n) is 4.44. The number of benzene rings is 2. The number of rotatable bonds is 6. The Balaban J connectivity index is 1.75. The number of ether oxygens (including phenoxy) is 1. The summed E-state index contributed by atoms with van der Waals surface area (Å²) >= 11 is 0. The fourth-order valence-electron chi connectivity index (χ4n) is 3.01. The molecule has 0 radical (unpaired) electrons. The molecular weight excluding hydrogens is 376 g/mol. The van der Waals surface area contributed by atoms with Crippen LogP contribution in [0.25, 0.3) is 0 Å². The maximum Gasteiger partial charge on any atom is 0.261 e. The molecule has 0 bridgehead atoms. The van der Waals surface area contributed by atoms with Crippen molar-refractivity contribution in [1.82, 2.24) is 4.90 Å². The Hall–Kier alpha value is -2.48. The minimum atomic E-state index is -3.22. The van der Waals surface area contributed by atoms with Gasteiger partial charge in [-0.3, -0.25) is 4.79 Å². The van der Waals surface area contributed by atoms with Crippen molar-refractivity contribution in [1.29, 1.82) is 0 Å². The number of nitrogens with zero attached hydrogens (tertiary/aromatic N) is 1. The van der Waals surface area contributed by atoms with Crippen molar-refractivity contribution in [2.75, 3.05) is 18.1 Å². The van der Waals surface area contributed by atoms with Gasteiger partial charge in [-0.15, -0.1) is 0 Å². The van der Waals surface area contributed by atoms with Crippen LogP contribution in [0.5, 0.6) is 5.75 Å². The number of hydrogen-bond donors (Lipinski definition) is 0. The highest BCUT2D eigenvalue weighted by atomic mass is 32.2. The van der Waals surface area contributed by atoms with Gasteiger partial charge in [0.25, 0.3) is 5.91 Å². The molecule has 1 aliphatic rings. The Labute approximate surface area is 156 Å². The number of hydrogen-bond acceptors (Lipinski definition) is 4. The summed E-state index contributed by atoms with van der Waals surface area (Å²) in [5, 5.41) is 0. The molecule has 0 spiro atoms. The van der Waals surface area contributed by atoms with Crippen LogP contribution in [0.4, 0.5) is 8.78 Å². The monoisotopic (exact) mass is 395 g/mol. The molecule has 2 aromatic rings. The second-order valence-corrected chi connectivity index (χ2v) is 8.64. The van der Waals surface area contributed by atoms with Crippen LogP contribution in [0.15, 0.2) is 48.5 Å². The predicted molar refractivity (Wildman–Crippen MR) is 95.9 cm³/mol. The highest BCUT2D eigenvalue weighted by Gasteiger charge is 2.35. The summed E-state index contributed by atoms with van der Waals surface area (Å²) in [6.45, 7) is -0.394. The molecule has 1 fully saturated rings. The summed E-state index contributed by atoms with van der Waals surface area (Å²) in [6.07, 6.45) is 0.305. The van der Waals surface area contributed by atoms with Gasteiger partial charge in [0.15, 0.2) is 16.4 Å². The Morgan fingerprint density at radius 1 is 1.11 bits per heavy atom. The van der Waals surface area contributed by atoms with Gasteiger partial charge in [-0.1, -0.05) is 18.2 Å². The lowest BCUT2D eigenvalue weighted by molar-refractivity contribution is -0.136. The van der Waals surface area contributed by atoms with Crippen LogP contribution in [-0.4, -0.2) is 43.4 Å². The van der Waals surface area contributed by atoms with E-state index in [1.54, 1.807) is 18.2 Å². The minimum absolute atomic E-state index is 0.00244. The molecule has 1 aliphatic heterocycles. The molecular formula is C19H19F2NO4S. The highest BCUT2D eigenvalue weighted by Crippen LogP contribution is 2.22. The highest BCUT2D eigenvalue weighted by molar-refractivity contribution is 7.91. The molecule has 5 nitrogen and oxygen atoms in total. The van der Waals surface area contributed by atoms with E-state index in [0.29, 0.717) is 17.7 Å². The smallest absolute Gasteiger partial charge is 0.261 e. The molecule has 1 unspecified atom stereocenters. The molecule has 1 amide bonds. The van der Waals surface area contributed by atoms with Crippen LogP contribution in [0.1, 0.15) is 12.0 Å². The summed E-state index contributed by atoms with van der Waals surface area (Å²) in [4.78, 5) is 14.1. The lowest BCUT2D eigenvalue weighted by Gasteiger charge is -2.28. The van der Waals surface area contributed by atoms with E-state index in [1.165, 1.54) is 35.2 Å². The van der Waals surface area contributed by atoms with E-state index in [0.717, 1.165) is 0 Å². The van der Waals surface area contributed by atoms with Crippen molar-refractivity contribution >= 4 is 15.7 Å². The molecule has 1 heterocycles. The van der Waals surface area contributed by atoms with Crippen molar-refractivity contribution < 1.29 is 26.7 Å². The summed E-state index contributed by atoms with van der Waals surface area (Å²) in [6, 6.07) is 10.7. The van der Waals surface area contributed by atoms with E-state index < -0.39 is 33.4 Å². The fourth-order valence-corrected chi connectivity index (χ4v) is 4.74. The van der Waals surface area contributed by atoms with Gasteiger partial charge in [-0.2, -0.15) is 0 Å². The first-order valence-electron chi connectivity index (χ1n) is 8.46. The zero-order chi connectivity index (χ0) is 19.4. The van der Waals surface area contributed by atoms with E-state index in [9.17, 15) is 22.0 Å². The first-order chi connectivity index (χ1) is 12.8. The average Bonchev–Trinajstić information content (AvgIpc) is 3.00. The molecule has 0 saturated carbocycles. The van der Waals surface area contributed by atoms with E-state index in [-0.39, 0.29) is 24.7 Å². The molecule has 1 atom stereocenters. The molecule has 3 rings (SSSR count). The molecule has 0 N–H and O–H groups in total. The third kappa shape index (κ3) is 5.03. The number of carbonyl (C=O) groups is 1. The molecule has 2 aromatic carbocycles. The molecule has 1 saturated heterocycles. The van der Waals surface area contributed by atoms with Crippen LogP contribution >= 0.6 is 0 Å². The third-order valence-corrected chi connectivity index (χ3v) is 6.19. The van der Waals surface area contributed by atoms with E-state index in [2.05, 4.69) is 0 Å². The van der Waals surface area contributed by atoms with E-state index in [4.69, 9.17) is 4.74 Å². The lowest BCUT2D eigenvalue weighted by Crippen LogP contribution is -2.43. The average molecular weight is 395 g/mol. The van der Waals surface area contributed by atoms with Gasteiger partial charge in [-0.05, 0) is 36.8 Å². The summed E-state index contributed by atoms with van der Waals surface area (Å²) in [5.74, 6) is -1.18. The molecule has 0 aliphatic carbocycles. The van der Waals surface area contributed by atoms with Gasteiger partial charge in [0.05, 0.1) is 11.5 Å². The zero-order valence-corrected chi connectivity index (χ0v) is 15.3. The SMILES string of the molecule is O=C(COc1ccc(F)cc1)N(Cc1ccccc1F)C1CCS(=O)(=O)C1. The standard InChI is InChI=1S/C19H19F2NO4S/c20-15-5-7-17(8-6-15)26-12-19(23)22(16-9-10-27(24,25)13-16)11-14-3-1-2-4-18(14)21/h1-8,16H,9-13H2. The van der Waals surface area contributed by atoms with Gasteiger partial charge < -0.3 is 9.64 Å². The topological polar surface area (TPSA) is 63.7 Å².